The number of nitrogens with zero attached hydrogens (tertiary/aromatic N) is 2. The highest BCUT2D eigenvalue weighted by atomic mass is 16.5. The molecule has 1 heterocycles. The highest BCUT2D eigenvalue weighted by molar-refractivity contribution is 5.75. The summed E-state index contributed by atoms with van der Waals surface area (Å²) in [4.78, 5) is 4.76. The maximum Gasteiger partial charge on any atom is 0.148 e. The molecular weight excluding hydrogens is 348 g/mol. The second-order valence-corrected chi connectivity index (χ2v) is 6.89. The van der Waals surface area contributed by atoms with Gasteiger partial charge in [0.1, 0.15) is 30.5 Å². The van der Waals surface area contributed by atoms with E-state index in [2.05, 4.69) is 36.6 Å². The van der Waals surface area contributed by atoms with Crippen LogP contribution in [0.2, 0.25) is 0 Å². The Morgan fingerprint density at radius 3 is 2.46 bits per heavy atom. The molecule has 142 valence electrons. The number of fused-ring (bicyclic) bond motifs is 1. The first-order valence-electron chi connectivity index (χ1n) is 9.53. The Balaban J connectivity index is 1.51. The molecule has 0 radical (unpaired) electrons. The van der Waals surface area contributed by atoms with Gasteiger partial charge in [0, 0.05) is 0 Å². The molecule has 0 spiro atoms. The van der Waals surface area contributed by atoms with Crippen LogP contribution in [0, 0.1) is 13.8 Å². The fourth-order valence-corrected chi connectivity index (χ4v) is 3.36. The van der Waals surface area contributed by atoms with Crippen LogP contribution in [0.3, 0.4) is 0 Å². The van der Waals surface area contributed by atoms with Crippen molar-refractivity contribution in [3.05, 3.63) is 89.7 Å². The van der Waals surface area contributed by atoms with Crippen LogP contribution in [-0.2, 0) is 13.2 Å². The van der Waals surface area contributed by atoms with E-state index < -0.39 is 0 Å². The van der Waals surface area contributed by atoms with Crippen LogP contribution >= 0.6 is 0 Å². The molecule has 4 rings (SSSR count). The topological polar surface area (TPSA) is 36.3 Å². The van der Waals surface area contributed by atoms with Gasteiger partial charge in [-0.3, -0.25) is 0 Å². The minimum atomic E-state index is 0.419. The normalized spacial score (nSPS) is 10.9. The van der Waals surface area contributed by atoms with Gasteiger partial charge in [-0.05, 0) is 49.7 Å². The zero-order chi connectivity index (χ0) is 19.3. The van der Waals surface area contributed by atoms with E-state index in [1.165, 1.54) is 5.56 Å². The molecule has 1 aromatic heterocycles. The van der Waals surface area contributed by atoms with Crippen molar-refractivity contribution in [1.29, 1.82) is 0 Å². The van der Waals surface area contributed by atoms with E-state index in [0.29, 0.717) is 19.8 Å². The summed E-state index contributed by atoms with van der Waals surface area (Å²) in [5, 5.41) is 0. The Morgan fingerprint density at radius 1 is 0.857 bits per heavy atom. The van der Waals surface area contributed by atoms with E-state index in [1.54, 1.807) is 0 Å². The second-order valence-electron chi connectivity index (χ2n) is 6.89. The van der Waals surface area contributed by atoms with E-state index >= 15 is 0 Å². The molecule has 0 aliphatic carbocycles. The van der Waals surface area contributed by atoms with Gasteiger partial charge in [0.25, 0.3) is 0 Å². The van der Waals surface area contributed by atoms with Gasteiger partial charge in [0.15, 0.2) is 0 Å². The largest absolute Gasteiger partial charge is 0.491 e. The number of rotatable bonds is 7. The summed E-state index contributed by atoms with van der Waals surface area (Å²) < 4.78 is 14.2. The van der Waals surface area contributed by atoms with Crippen molar-refractivity contribution >= 4 is 11.0 Å². The number of imidazole rings is 1. The zero-order valence-electron chi connectivity index (χ0n) is 16.3. The highest BCUT2D eigenvalue weighted by Crippen LogP contribution is 2.21. The van der Waals surface area contributed by atoms with Gasteiger partial charge in [-0.1, -0.05) is 48.0 Å². The van der Waals surface area contributed by atoms with E-state index in [1.807, 2.05) is 54.6 Å². The van der Waals surface area contributed by atoms with Crippen LogP contribution in [0.1, 0.15) is 17.0 Å². The van der Waals surface area contributed by atoms with Crippen LogP contribution in [-0.4, -0.2) is 16.2 Å². The molecular formula is C24H24N2O2. The molecule has 0 amide bonds. The van der Waals surface area contributed by atoms with Gasteiger partial charge in [0.05, 0.1) is 17.6 Å². The van der Waals surface area contributed by atoms with Crippen molar-refractivity contribution in [2.24, 2.45) is 0 Å². The lowest BCUT2D eigenvalue weighted by Crippen LogP contribution is -2.13. The molecule has 4 aromatic rings. The first-order chi connectivity index (χ1) is 13.7. The monoisotopic (exact) mass is 372 g/mol. The fourth-order valence-electron chi connectivity index (χ4n) is 3.36. The summed E-state index contributed by atoms with van der Waals surface area (Å²) in [5.74, 6) is 2.67. The van der Waals surface area contributed by atoms with Gasteiger partial charge in [0.2, 0.25) is 0 Å². The third-order valence-electron chi connectivity index (χ3n) is 4.75. The van der Waals surface area contributed by atoms with Gasteiger partial charge in [-0.15, -0.1) is 0 Å². The van der Waals surface area contributed by atoms with Gasteiger partial charge < -0.3 is 14.0 Å². The predicted molar refractivity (Wildman–Crippen MR) is 112 cm³/mol. The summed E-state index contributed by atoms with van der Waals surface area (Å²) in [6.07, 6.45) is 0. The maximum atomic E-state index is 6.04. The molecule has 4 nitrogen and oxygen atoms in total. The van der Waals surface area contributed by atoms with Crippen LogP contribution in [0.15, 0.2) is 72.8 Å². The molecule has 28 heavy (non-hydrogen) atoms. The number of aryl methyl sites for hydroxylation is 2. The van der Waals surface area contributed by atoms with Crippen LogP contribution in [0.4, 0.5) is 0 Å². The van der Waals surface area contributed by atoms with Crippen LogP contribution in [0.5, 0.6) is 11.5 Å². The number of aromatic nitrogens is 2. The molecule has 4 heteroatoms. The van der Waals surface area contributed by atoms with E-state index in [-0.39, 0.29) is 0 Å². The quantitative estimate of drug-likeness (QED) is 0.441. The average Bonchev–Trinajstić information content (AvgIpc) is 3.06. The average molecular weight is 372 g/mol. The van der Waals surface area contributed by atoms with Crippen LogP contribution in [0.25, 0.3) is 11.0 Å². The van der Waals surface area contributed by atoms with E-state index in [9.17, 15) is 0 Å². The molecule has 0 bridgehead atoms. The minimum absolute atomic E-state index is 0.419. The summed E-state index contributed by atoms with van der Waals surface area (Å²) in [6, 6.07) is 24.2. The molecule has 0 saturated carbocycles. The molecule has 0 fully saturated rings. The molecule has 0 unspecified atom stereocenters. The lowest BCUT2D eigenvalue weighted by atomic mass is 10.1. The van der Waals surface area contributed by atoms with Crippen molar-refractivity contribution in [3.8, 4) is 11.5 Å². The van der Waals surface area contributed by atoms with Crippen molar-refractivity contribution in [3.63, 3.8) is 0 Å². The van der Waals surface area contributed by atoms with Crippen molar-refractivity contribution < 1.29 is 9.47 Å². The van der Waals surface area contributed by atoms with E-state index in [0.717, 1.165) is 33.9 Å². The van der Waals surface area contributed by atoms with Gasteiger partial charge >= 0.3 is 0 Å². The van der Waals surface area contributed by atoms with E-state index in [4.69, 9.17) is 14.5 Å². The Kier molecular flexibility index (Phi) is 5.29. The minimum Gasteiger partial charge on any atom is -0.491 e. The summed E-state index contributed by atoms with van der Waals surface area (Å²) in [7, 11) is 0. The van der Waals surface area contributed by atoms with Gasteiger partial charge in [-0.25, -0.2) is 4.98 Å². The number of hydrogen-bond acceptors (Lipinski definition) is 3. The molecule has 3 aromatic carbocycles. The van der Waals surface area contributed by atoms with Gasteiger partial charge in [-0.2, -0.15) is 0 Å². The van der Waals surface area contributed by atoms with Crippen molar-refractivity contribution in [2.45, 2.75) is 27.0 Å². The van der Waals surface area contributed by atoms with Crippen molar-refractivity contribution in [1.82, 2.24) is 9.55 Å². The smallest absolute Gasteiger partial charge is 0.148 e. The number of hydrogen-bond donors (Lipinski definition) is 0. The predicted octanol–water partition coefficient (Wildman–Crippen LogP) is 5.31. The molecule has 0 aliphatic heterocycles. The first kappa shape index (κ1) is 18.1. The standard InChI is InChI=1S/C24H24N2O2/c1-18-12-13-23(19(2)16-18)27-15-14-26-22-11-7-6-10-21(22)25-24(26)17-28-20-8-4-3-5-9-20/h3-13,16H,14-15,17H2,1-2H3. The molecule has 0 atom stereocenters. The SMILES string of the molecule is Cc1ccc(OCCn2c(COc3ccccc3)nc3ccccc32)c(C)c1. The van der Waals surface area contributed by atoms with Crippen LogP contribution < -0.4 is 9.47 Å². The van der Waals surface area contributed by atoms with Crippen molar-refractivity contribution in [2.75, 3.05) is 6.61 Å². The highest BCUT2D eigenvalue weighted by Gasteiger charge is 2.11. The lowest BCUT2D eigenvalue weighted by Gasteiger charge is -2.13. The lowest BCUT2D eigenvalue weighted by molar-refractivity contribution is 0.271. The maximum absolute atomic E-state index is 6.04. The first-order valence-corrected chi connectivity index (χ1v) is 9.53. The fraction of sp³-hybridized carbons (Fsp3) is 0.208. The molecule has 0 saturated heterocycles. The Labute approximate surface area is 165 Å². The number of benzene rings is 3. The summed E-state index contributed by atoms with van der Waals surface area (Å²) in [5.41, 5.74) is 4.47. The Hall–Kier alpha value is -3.27. The molecule has 0 aliphatic rings. The Bertz CT molecular complexity index is 1070. The molecule has 0 N–H and O–H groups in total. The Morgan fingerprint density at radius 2 is 1.64 bits per heavy atom. The summed E-state index contributed by atoms with van der Waals surface area (Å²) >= 11 is 0. The summed E-state index contributed by atoms with van der Waals surface area (Å²) in [6.45, 7) is 5.87. The zero-order valence-corrected chi connectivity index (χ0v) is 16.3. The third kappa shape index (κ3) is 4.01. The third-order valence-corrected chi connectivity index (χ3v) is 4.75. The number of ether oxygens (including phenoxy) is 2. The second kappa shape index (κ2) is 8.17. The number of para-hydroxylation sites is 3.